The second-order valence-electron chi connectivity index (χ2n) is 4.31. The van der Waals surface area contributed by atoms with Crippen molar-refractivity contribution in [1.29, 1.82) is 0 Å². The van der Waals surface area contributed by atoms with Gasteiger partial charge in [-0.1, -0.05) is 0 Å². The minimum atomic E-state index is -3.80. The van der Waals surface area contributed by atoms with Crippen molar-refractivity contribution in [3.63, 3.8) is 0 Å². The monoisotopic (exact) mass is 281 g/mol. The maximum absolute atomic E-state index is 12.1. The molecule has 7 nitrogen and oxygen atoms in total. The first-order valence-electron chi connectivity index (χ1n) is 5.67. The van der Waals surface area contributed by atoms with Crippen molar-refractivity contribution < 1.29 is 8.42 Å². The van der Waals surface area contributed by atoms with E-state index in [9.17, 15) is 8.42 Å². The zero-order valence-corrected chi connectivity index (χ0v) is 11.4. The van der Waals surface area contributed by atoms with Crippen LogP contribution in [-0.4, -0.2) is 23.2 Å². The highest BCUT2D eigenvalue weighted by Gasteiger charge is 2.19. The number of nitrogens with two attached hydrogens (primary N) is 1. The lowest BCUT2D eigenvalue weighted by atomic mass is 10.4. The number of sulfonamides is 1. The lowest BCUT2D eigenvalue weighted by Gasteiger charge is -2.07. The van der Waals surface area contributed by atoms with Gasteiger partial charge < -0.3 is 5.73 Å². The second-order valence-corrected chi connectivity index (χ2v) is 5.90. The van der Waals surface area contributed by atoms with Crippen LogP contribution in [0, 0.1) is 0 Å². The van der Waals surface area contributed by atoms with E-state index in [0.717, 1.165) is 0 Å². The van der Waals surface area contributed by atoms with Crippen LogP contribution >= 0.6 is 0 Å². The van der Waals surface area contributed by atoms with E-state index in [0.29, 0.717) is 5.69 Å². The Hall–Kier alpha value is -2.09. The molecule has 0 amide bonds. The molecule has 3 N–H and O–H groups in total. The molecule has 0 aliphatic rings. The molecule has 0 spiro atoms. The summed E-state index contributed by atoms with van der Waals surface area (Å²) >= 11 is 0. The highest BCUT2D eigenvalue weighted by Crippen LogP contribution is 2.19. The molecule has 0 aliphatic heterocycles. The number of nitrogens with one attached hydrogen (secondary N) is 1. The Bertz CT molecular complexity index is 678. The zero-order valence-electron chi connectivity index (χ0n) is 10.6. The highest BCUT2D eigenvalue weighted by atomic mass is 32.2. The summed E-state index contributed by atoms with van der Waals surface area (Å²) in [4.78, 5) is 3.79. The van der Waals surface area contributed by atoms with Gasteiger partial charge in [0.1, 0.15) is 0 Å². The van der Waals surface area contributed by atoms with Gasteiger partial charge in [-0.25, -0.2) is 4.98 Å². The lowest BCUT2D eigenvalue weighted by molar-refractivity contribution is 0.532. The molecule has 102 valence electrons. The third-order valence-electron chi connectivity index (χ3n) is 2.44. The first-order chi connectivity index (χ1) is 8.90. The van der Waals surface area contributed by atoms with Gasteiger partial charge in [-0.2, -0.15) is 13.5 Å². The van der Waals surface area contributed by atoms with Crippen LogP contribution in [0.5, 0.6) is 0 Å². The molecule has 19 heavy (non-hydrogen) atoms. The predicted octanol–water partition coefficient (Wildman–Crippen LogP) is 1.24. The van der Waals surface area contributed by atoms with Crippen molar-refractivity contribution >= 4 is 21.4 Å². The minimum Gasteiger partial charge on any atom is -0.396 e. The van der Waals surface area contributed by atoms with Crippen LogP contribution in [0.3, 0.4) is 0 Å². The normalized spacial score (nSPS) is 11.7. The maximum Gasteiger partial charge on any atom is 0.281 e. The summed E-state index contributed by atoms with van der Waals surface area (Å²) in [7, 11) is -3.80. The molecule has 0 fully saturated rings. The molecule has 0 saturated heterocycles. The van der Waals surface area contributed by atoms with E-state index in [1.54, 1.807) is 16.9 Å². The summed E-state index contributed by atoms with van der Waals surface area (Å²) in [5.41, 5.74) is 6.09. The summed E-state index contributed by atoms with van der Waals surface area (Å²) in [6, 6.07) is 3.21. The molecule has 2 aromatic heterocycles. The molecule has 8 heteroatoms. The second kappa shape index (κ2) is 4.88. The number of anilines is 2. The standard InChI is InChI=1S/C11H15N5O2S/c1-8(2)16-7-9(6-14-16)15-19(17,18)11-10(12)4-3-5-13-11/h3-8,15H,12H2,1-2H3. The summed E-state index contributed by atoms with van der Waals surface area (Å²) in [6.45, 7) is 3.89. The molecule has 0 saturated carbocycles. The van der Waals surface area contributed by atoms with Gasteiger partial charge in [0.25, 0.3) is 10.0 Å². The fraction of sp³-hybridized carbons (Fsp3) is 0.273. The smallest absolute Gasteiger partial charge is 0.281 e. The SMILES string of the molecule is CC(C)n1cc(NS(=O)(=O)c2ncccc2N)cn1. The molecule has 0 bridgehead atoms. The van der Waals surface area contributed by atoms with Crippen LogP contribution in [0.4, 0.5) is 11.4 Å². The molecular weight excluding hydrogens is 266 g/mol. The first-order valence-corrected chi connectivity index (χ1v) is 7.16. The van der Waals surface area contributed by atoms with Gasteiger partial charge in [0.2, 0.25) is 0 Å². The fourth-order valence-electron chi connectivity index (χ4n) is 1.50. The van der Waals surface area contributed by atoms with Gasteiger partial charge >= 0.3 is 0 Å². The Morgan fingerprint density at radius 1 is 1.42 bits per heavy atom. The Morgan fingerprint density at radius 3 is 2.74 bits per heavy atom. The van der Waals surface area contributed by atoms with E-state index in [1.165, 1.54) is 18.5 Å². The number of hydrogen-bond acceptors (Lipinski definition) is 5. The van der Waals surface area contributed by atoms with E-state index in [4.69, 9.17) is 5.73 Å². The van der Waals surface area contributed by atoms with E-state index >= 15 is 0 Å². The number of aromatic nitrogens is 3. The van der Waals surface area contributed by atoms with Crippen LogP contribution < -0.4 is 10.5 Å². The third kappa shape index (κ3) is 2.84. The van der Waals surface area contributed by atoms with Gasteiger partial charge in [0.05, 0.1) is 17.6 Å². The number of nitrogens with zero attached hydrogens (tertiary/aromatic N) is 3. The minimum absolute atomic E-state index is 0.103. The number of nitrogen functional groups attached to an aromatic ring is 1. The van der Waals surface area contributed by atoms with Crippen molar-refractivity contribution in [1.82, 2.24) is 14.8 Å². The Balaban J connectivity index is 2.29. The number of hydrogen-bond donors (Lipinski definition) is 2. The van der Waals surface area contributed by atoms with Gasteiger partial charge in [0, 0.05) is 18.4 Å². The molecule has 2 rings (SSSR count). The molecule has 2 heterocycles. The molecule has 0 atom stereocenters. The average molecular weight is 281 g/mol. The summed E-state index contributed by atoms with van der Waals surface area (Å²) < 4.78 is 28.3. The zero-order chi connectivity index (χ0) is 14.0. The Kier molecular flexibility index (Phi) is 3.43. The van der Waals surface area contributed by atoms with Crippen LogP contribution in [-0.2, 0) is 10.0 Å². The molecule has 0 aliphatic carbocycles. The van der Waals surface area contributed by atoms with Crippen molar-refractivity contribution in [2.45, 2.75) is 24.9 Å². The summed E-state index contributed by atoms with van der Waals surface area (Å²) in [5, 5.41) is 3.87. The van der Waals surface area contributed by atoms with E-state index in [1.807, 2.05) is 13.8 Å². The van der Waals surface area contributed by atoms with Crippen molar-refractivity contribution in [2.24, 2.45) is 0 Å². The number of pyridine rings is 1. The summed E-state index contributed by atoms with van der Waals surface area (Å²) in [6.07, 6.45) is 4.43. The lowest BCUT2D eigenvalue weighted by Crippen LogP contribution is -2.16. The fourth-order valence-corrected chi connectivity index (χ4v) is 2.59. The molecular formula is C11H15N5O2S. The topological polar surface area (TPSA) is 103 Å². The molecule has 0 unspecified atom stereocenters. The van der Waals surface area contributed by atoms with E-state index < -0.39 is 10.0 Å². The van der Waals surface area contributed by atoms with Crippen molar-refractivity contribution in [2.75, 3.05) is 10.5 Å². The van der Waals surface area contributed by atoms with Gasteiger partial charge in [-0.15, -0.1) is 0 Å². The van der Waals surface area contributed by atoms with Crippen molar-refractivity contribution in [3.05, 3.63) is 30.7 Å². The largest absolute Gasteiger partial charge is 0.396 e. The van der Waals surface area contributed by atoms with E-state index in [-0.39, 0.29) is 16.8 Å². The van der Waals surface area contributed by atoms with Crippen LogP contribution in [0.25, 0.3) is 0 Å². The Morgan fingerprint density at radius 2 is 2.16 bits per heavy atom. The third-order valence-corrected chi connectivity index (χ3v) is 3.79. The van der Waals surface area contributed by atoms with E-state index in [2.05, 4.69) is 14.8 Å². The Labute approximate surface area is 111 Å². The van der Waals surface area contributed by atoms with Crippen LogP contribution in [0.15, 0.2) is 35.7 Å². The molecule has 0 aromatic carbocycles. The van der Waals surface area contributed by atoms with Crippen LogP contribution in [0.2, 0.25) is 0 Å². The first kappa shape index (κ1) is 13.3. The average Bonchev–Trinajstić information content (AvgIpc) is 2.77. The predicted molar refractivity (Wildman–Crippen MR) is 72.1 cm³/mol. The highest BCUT2D eigenvalue weighted by molar-refractivity contribution is 7.92. The molecule has 2 aromatic rings. The maximum atomic E-state index is 12.1. The van der Waals surface area contributed by atoms with Gasteiger partial charge in [-0.3, -0.25) is 9.40 Å². The quantitative estimate of drug-likeness (QED) is 0.877. The summed E-state index contributed by atoms with van der Waals surface area (Å²) in [5.74, 6) is 0. The van der Waals surface area contributed by atoms with Crippen molar-refractivity contribution in [3.8, 4) is 0 Å². The number of rotatable bonds is 4. The van der Waals surface area contributed by atoms with Gasteiger partial charge in [-0.05, 0) is 26.0 Å². The van der Waals surface area contributed by atoms with Crippen LogP contribution in [0.1, 0.15) is 19.9 Å². The molecule has 0 radical (unpaired) electrons. The van der Waals surface area contributed by atoms with Gasteiger partial charge in [0.15, 0.2) is 5.03 Å².